The Morgan fingerprint density at radius 2 is 1.67 bits per heavy atom. The SMILES string of the molecule is CC(NC(C)C1CCCCC1)C(=O)NC(C)(C)C. The monoisotopic (exact) mass is 254 g/mol. The molecule has 1 fully saturated rings. The van der Waals surface area contributed by atoms with Gasteiger partial charge < -0.3 is 10.6 Å². The van der Waals surface area contributed by atoms with Crippen LogP contribution in [-0.2, 0) is 4.79 Å². The van der Waals surface area contributed by atoms with E-state index in [1.54, 1.807) is 0 Å². The number of hydrogen-bond acceptors (Lipinski definition) is 2. The second-order valence-corrected chi connectivity index (χ2v) is 6.81. The van der Waals surface area contributed by atoms with Crippen LogP contribution in [0.3, 0.4) is 0 Å². The highest BCUT2D eigenvalue weighted by molar-refractivity contribution is 5.81. The van der Waals surface area contributed by atoms with Crippen molar-refractivity contribution in [2.45, 2.75) is 84.3 Å². The van der Waals surface area contributed by atoms with Crippen molar-refractivity contribution in [1.82, 2.24) is 10.6 Å². The fourth-order valence-corrected chi connectivity index (χ4v) is 2.72. The molecule has 0 bridgehead atoms. The lowest BCUT2D eigenvalue weighted by Crippen LogP contribution is -2.52. The van der Waals surface area contributed by atoms with Crippen LogP contribution in [0.15, 0.2) is 0 Å². The molecule has 106 valence electrons. The van der Waals surface area contributed by atoms with Gasteiger partial charge in [0.05, 0.1) is 6.04 Å². The summed E-state index contributed by atoms with van der Waals surface area (Å²) in [7, 11) is 0. The number of carbonyl (C=O) groups excluding carboxylic acids is 1. The number of carbonyl (C=O) groups is 1. The van der Waals surface area contributed by atoms with Gasteiger partial charge in [0, 0.05) is 11.6 Å². The van der Waals surface area contributed by atoms with Crippen molar-refractivity contribution < 1.29 is 4.79 Å². The zero-order chi connectivity index (χ0) is 13.8. The van der Waals surface area contributed by atoms with Crippen LogP contribution in [0.5, 0.6) is 0 Å². The summed E-state index contributed by atoms with van der Waals surface area (Å²) in [5, 5.41) is 6.49. The largest absolute Gasteiger partial charge is 0.350 e. The van der Waals surface area contributed by atoms with Crippen molar-refractivity contribution in [1.29, 1.82) is 0 Å². The maximum absolute atomic E-state index is 12.0. The highest BCUT2D eigenvalue weighted by Gasteiger charge is 2.24. The summed E-state index contributed by atoms with van der Waals surface area (Å²) in [6.07, 6.45) is 6.69. The van der Waals surface area contributed by atoms with Gasteiger partial charge >= 0.3 is 0 Å². The Bertz CT molecular complexity index is 264. The fraction of sp³-hybridized carbons (Fsp3) is 0.933. The molecule has 3 heteroatoms. The third kappa shape index (κ3) is 5.38. The molecule has 2 atom stereocenters. The molecule has 0 aromatic carbocycles. The van der Waals surface area contributed by atoms with Gasteiger partial charge in [0.1, 0.15) is 0 Å². The minimum atomic E-state index is -0.152. The van der Waals surface area contributed by atoms with Gasteiger partial charge in [-0.1, -0.05) is 19.3 Å². The van der Waals surface area contributed by atoms with Gasteiger partial charge in [-0.3, -0.25) is 4.79 Å². The van der Waals surface area contributed by atoms with Crippen molar-refractivity contribution in [2.75, 3.05) is 0 Å². The highest BCUT2D eigenvalue weighted by Crippen LogP contribution is 2.26. The summed E-state index contributed by atoms with van der Waals surface area (Å²) in [5.74, 6) is 0.841. The average Bonchev–Trinajstić information content (AvgIpc) is 2.27. The van der Waals surface area contributed by atoms with Crippen LogP contribution in [0.1, 0.15) is 66.7 Å². The molecule has 1 amide bonds. The second-order valence-electron chi connectivity index (χ2n) is 6.81. The summed E-state index contributed by atoms with van der Waals surface area (Å²) in [6.45, 7) is 10.2. The van der Waals surface area contributed by atoms with E-state index in [1.165, 1.54) is 32.1 Å². The van der Waals surface area contributed by atoms with E-state index in [4.69, 9.17) is 0 Å². The number of amides is 1. The number of rotatable bonds is 4. The molecule has 0 aromatic heterocycles. The Balaban J connectivity index is 2.38. The van der Waals surface area contributed by atoms with E-state index in [1.807, 2.05) is 27.7 Å². The zero-order valence-corrected chi connectivity index (χ0v) is 12.7. The van der Waals surface area contributed by atoms with Crippen LogP contribution < -0.4 is 10.6 Å². The van der Waals surface area contributed by atoms with E-state index in [2.05, 4.69) is 17.6 Å². The van der Waals surface area contributed by atoms with Crippen molar-refractivity contribution in [3.05, 3.63) is 0 Å². The normalized spacial score (nSPS) is 21.4. The maximum atomic E-state index is 12.0. The lowest BCUT2D eigenvalue weighted by atomic mass is 9.84. The quantitative estimate of drug-likeness (QED) is 0.810. The lowest BCUT2D eigenvalue weighted by Gasteiger charge is -2.31. The van der Waals surface area contributed by atoms with Crippen molar-refractivity contribution in [3.63, 3.8) is 0 Å². The van der Waals surface area contributed by atoms with Crippen molar-refractivity contribution >= 4 is 5.91 Å². The lowest BCUT2D eigenvalue weighted by molar-refractivity contribution is -0.124. The minimum absolute atomic E-state index is 0.102. The van der Waals surface area contributed by atoms with Crippen LogP contribution in [0.4, 0.5) is 0 Å². The van der Waals surface area contributed by atoms with Crippen LogP contribution in [0.2, 0.25) is 0 Å². The second kappa shape index (κ2) is 6.55. The van der Waals surface area contributed by atoms with Gasteiger partial charge in [-0.25, -0.2) is 0 Å². The smallest absolute Gasteiger partial charge is 0.237 e. The fourth-order valence-electron chi connectivity index (χ4n) is 2.72. The molecule has 1 saturated carbocycles. The maximum Gasteiger partial charge on any atom is 0.237 e. The summed E-state index contributed by atoms with van der Waals surface area (Å²) >= 11 is 0. The summed E-state index contributed by atoms with van der Waals surface area (Å²) in [5.41, 5.74) is -0.152. The van der Waals surface area contributed by atoms with Gasteiger partial charge in [0.25, 0.3) is 0 Å². The van der Waals surface area contributed by atoms with E-state index < -0.39 is 0 Å². The molecule has 2 N–H and O–H groups in total. The van der Waals surface area contributed by atoms with Gasteiger partial charge in [-0.2, -0.15) is 0 Å². The highest BCUT2D eigenvalue weighted by atomic mass is 16.2. The Labute approximate surface area is 112 Å². The van der Waals surface area contributed by atoms with Gasteiger partial charge in [0.15, 0.2) is 0 Å². The predicted octanol–water partition coefficient (Wildman–Crippen LogP) is 2.85. The van der Waals surface area contributed by atoms with E-state index in [0.29, 0.717) is 6.04 Å². The Kier molecular flexibility index (Phi) is 5.64. The Hall–Kier alpha value is -0.570. The van der Waals surface area contributed by atoms with Crippen molar-refractivity contribution in [2.24, 2.45) is 5.92 Å². The standard InChI is InChI=1S/C15H30N2O/c1-11(13-9-7-6-8-10-13)16-12(2)14(18)17-15(3,4)5/h11-13,16H,6-10H2,1-5H3,(H,17,18). The van der Waals surface area contributed by atoms with Gasteiger partial charge in [-0.05, 0) is 53.4 Å². The molecular weight excluding hydrogens is 224 g/mol. The van der Waals surface area contributed by atoms with Crippen LogP contribution in [0, 0.1) is 5.92 Å². The molecular formula is C15H30N2O. The first kappa shape index (κ1) is 15.5. The summed E-state index contributed by atoms with van der Waals surface area (Å²) < 4.78 is 0. The number of hydrogen-bond donors (Lipinski definition) is 2. The van der Waals surface area contributed by atoms with Crippen LogP contribution in [-0.4, -0.2) is 23.5 Å². The molecule has 0 heterocycles. The van der Waals surface area contributed by atoms with Crippen LogP contribution >= 0.6 is 0 Å². The van der Waals surface area contributed by atoms with Crippen LogP contribution in [0.25, 0.3) is 0 Å². The summed E-state index contributed by atoms with van der Waals surface area (Å²) in [6, 6.07) is 0.326. The minimum Gasteiger partial charge on any atom is -0.350 e. The Morgan fingerprint density at radius 1 is 1.11 bits per heavy atom. The van der Waals surface area contributed by atoms with Gasteiger partial charge in [-0.15, -0.1) is 0 Å². The first-order chi connectivity index (χ1) is 8.29. The first-order valence-electron chi connectivity index (χ1n) is 7.37. The Morgan fingerprint density at radius 3 is 2.17 bits per heavy atom. The average molecular weight is 254 g/mol. The molecule has 3 nitrogen and oxygen atoms in total. The molecule has 18 heavy (non-hydrogen) atoms. The third-order valence-electron chi connectivity index (χ3n) is 3.76. The number of nitrogens with one attached hydrogen (secondary N) is 2. The molecule has 0 spiro atoms. The topological polar surface area (TPSA) is 41.1 Å². The molecule has 0 aliphatic heterocycles. The molecule has 1 aliphatic carbocycles. The molecule has 1 aliphatic rings. The summed E-state index contributed by atoms with van der Waals surface area (Å²) in [4.78, 5) is 12.0. The van der Waals surface area contributed by atoms with Gasteiger partial charge in [0.2, 0.25) is 5.91 Å². The van der Waals surface area contributed by atoms with E-state index in [9.17, 15) is 4.79 Å². The molecule has 2 unspecified atom stereocenters. The molecule has 0 saturated heterocycles. The molecule has 0 aromatic rings. The van der Waals surface area contributed by atoms with E-state index >= 15 is 0 Å². The third-order valence-corrected chi connectivity index (χ3v) is 3.76. The first-order valence-corrected chi connectivity index (χ1v) is 7.37. The molecule has 0 radical (unpaired) electrons. The van der Waals surface area contributed by atoms with Crippen molar-refractivity contribution in [3.8, 4) is 0 Å². The predicted molar refractivity (Wildman–Crippen MR) is 76.5 cm³/mol. The van der Waals surface area contributed by atoms with E-state index in [0.717, 1.165) is 5.92 Å². The van der Waals surface area contributed by atoms with E-state index in [-0.39, 0.29) is 17.5 Å². The zero-order valence-electron chi connectivity index (χ0n) is 12.7. The molecule has 1 rings (SSSR count).